The molecule has 0 aromatic heterocycles. The van der Waals surface area contributed by atoms with Crippen molar-refractivity contribution in [1.29, 1.82) is 0 Å². The van der Waals surface area contributed by atoms with Gasteiger partial charge in [-0.2, -0.15) is 0 Å². The molecule has 0 fully saturated rings. The lowest BCUT2D eigenvalue weighted by Gasteiger charge is -2.14. The highest BCUT2D eigenvalue weighted by molar-refractivity contribution is 7.96. The van der Waals surface area contributed by atoms with E-state index >= 15 is 0 Å². The van der Waals surface area contributed by atoms with Crippen LogP contribution in [0.5, 0.6) is 0 Å². The molecule has 0 atom stereocenters. The van der Waals surface area contributed by atoms with E-state index in [-0.39, 0.29) is 0 Å². The van der Waals surface area contributed by atoms with Gasteiger partial charge in [0.25, 0.3) is 13.7 Å². The fraction of sp³-hybridized carbons (Fsp3) is 0.333. The maximum absolute atomic E-state index is 11.8. The average Bonchev–Trinajstić information content (AvgIpc) is 2.27. The van der Waals surface area contributed by atoms with Gasteiger partial charge in [0.15, 0.2) is 0 Å². The number of sulfonamides is 1. The highest BCUT2D eigenvalue weighted by Crippen LogP contribution is 2.52. The van der Waals surface area contributed by atoms with Crippen molar-refractivity contribution >= 4 is 38.9 Å². The molecule has 0 aliphatic carbocycles. The molecular formula is C9H9Cl2NO2S. The van der Waals surface area contributed by atoms with Gasteiger partial charge in [-0.05, 0) is 19.1 Å². The molecule has 0 unspecified atom stereocenters. The highest BCUT2D eigenvalue weighted by atomic mass is 35.5. The second kappa shape index (κ2) is 3.03. The molecule has 82 valence electrons. The summed E-state index contributed by atoms with van der Waals surface area (Å²) in [5, 5.41) is 0. The van der Waals surface area contributed by atoms with Gasteiger partial charge in [0.2, 0.25) is 0 Å². The Bertz CT molecular complexity index is 525. The number of benzene rings is 1. The van der Waals surface area contributed by atoms with Crippen LogP contribution in [0.2, 0.25) is 0 Å². The summed E-state index contributed by atoms with van der Waals surface area (Å²) in [6.07, 6.45) is 0. The van der Waals surface area contributed by atoms with Crippen LogP contribution in [-0.2, 0) is 13.7 Å². The number of nitrogens with zero attached hydrogens (tertiary/aromatic N) is 1. The molecule has 1 heterocycles. The molecule has 1 aliphatic heterocycles. The van der Waals surface area contributed by atoms with Crippen LogP contribution in [0.25, 0.3) is 0 Å². The Hall–Kier alpha value is -0.450. The Balaban J connectivity index is 2.81. The molecule has 3 nitrogen and oxygen atoms in total. The zero-order valence-electron chi connectivity index (χ0n) is 8.16. The maximum Gasteiger partial charge on any atom is 0.273 e. The summed E-state index contributed by atoms with van der Waals surface area (Å²) in [5.41, 5.74) is 1.88. The minimum absolute atomic E-state index is 0.424. The first-order valence-electron chi connectivity index (χ1n) is 4.26. The lowest BCUT2D eigenvalue weighted by atomic mass is 10.1. The second-order valence-electron chi connectivity index (χ2n) is 3.51. The third-order valence-corrected chi connectivity index (χ3v) is 5.85. The SMILES string of the molecule is Cc1ccc2c(c1)C(Cl)(Cl)S(=O)(=O)N2C. The van der Waals surface area contributed by atoms with E-state index in [0.29, 0.717) is 11.3 Å². The number of alkyl halides is 2. The highest BCUT2D eigenvalue weighted by Gasteiger charge is 2.52. The first-order valence-corrected chi connectivity index (χ1v) is 6.45. The van der Waals surface area contributed by atoms with E-state index in [4.69, 9.17) is 23.2 Å². The Kier molecular flexibility index (Phi) is 2.23. The van der Waals surface area contributed by atoms with Crippen molar-refractivity contribution in [2.45, 2.75) is 10.6 Å². The zero-order valence-corrected chi connectivity index (χ0v) is 10.5. The molecule has 2 rings (SSSR count). The molecule has 0 saturated heterocycles. The van der Waals surface area contributed by atoms with Crippen LogP contribution in [-0.4, -0.2) is 15.5 Å². The van der Waals surface area contributed by atoms with Gasteiger partial charge >= 0.3 is 0 Å². The van der Waals surface area contributed by atoms with E-state index in [9.17, 15) is 8.42 Å². The third-order valence-electron chi connectivity index (χ3n) is 2.49. The smallest absolute Gasteiger partial charge is 0.270 e. The predicted molar refractivity (Wildman–Crippen MR) is 61.9 cm³/mol. The molecule has 15 heavy (non-hydrogen) atoms. The molecule has 6 heteroatoms. The maximum atomic E-state index is 11.8. The van der Waals surface area contributed by atoms with Gasteiger partial charge in [-0.1, -0.05) is 34.8 Å². The van der Waals surface area contributed by atoms with Crippen molar-refractivity contribution in [2.75, 3.05) is 11.4 Å². The van der Waals surface area contributed by atoms with Gasteiger partial charge in [0.05, 0.1) is 5.69 Å². The average molecular weight is 266 g/mol. The predicted octanol–water partition coefficient (Wildman–Crippen LogP) is 2.36. The minimum atomic E-state index is -3.71. The van der Waals surface area contributed by atoms with Crippen molar-refractivity contribution in [3.05, 3.63) is 29.3 Å². The van der Waals surface area contributed by atoms with E-state index in [2.05, 4.69) is 0 Å². The summed E-state index contributed by atoms with van der Waals surface area (Å²) in [7, 11) is -2.27. The molecule has 0 radical (unpaired) electrons. The van der Waals surface area contributed by atoms with Crippen LogP contribution < -0.4 is 4.31 Å². The topological polar surface area (TPSA) is 37.4 Å². The summed E-state index contributed by atoms with van der Waals surface area (Å²) in [6.45, 7) is 1.86. The van der Waals surface area contributed by atoms with Crippen LogP contribution in [0.3, 0.4) is 0 Å². The number of hydrogen-bond acceptors (Lipinski definition) is 2. The van der Waals surface area contributed by atoms with Crippen molar-refractivity contribution < 1.29 is 8.42 Å². The summed E-state index contributed by atoms with van der Waals surface area (Å²) in [6, 6.07) is 5.21. The quantitative estimate of drug-likeness (QED) is 0.676. The summed E-state index contributed by atoms with van der Waals surface area (Å²) >= 11 is 11.8. The fourth-order valence-corrected chi connectivity index (χ4v) is 3.73. The largest absolute Gasteiger partial charge is 0.273 e. The van der Waals surface area contributed by atoms with Crippen molar-refractivity contribution in [1.82, 2.24) is 0 Å². The van der Waals surface area contributed by atoms with E-state index in [1.807, 2.05) is 13.0 Å². The van der Waals surface area contributed by atoms with Gasteiger partial charge in [-0.3, -0.25) is 4.31 Å². The Labute approximate surface area is 98.6 Å². The summed E-state index contributed by atoms with van der Waals surface area (Å²) in [5.74, 6) is 0. The number of fused-ring (bicyclic) bond motifs is 1. The van der Waals surface area contributed by atoms with E-state index in [1.54, 1.807) is 12.1 Å². The lowest BCUT2D eigenvalue weighted by Crippen LogP contribution is -2.29. The summed E-state index contributed by atoms with van der Waals surface area (Å²) < 4.78 is 22.9. The van der Waals surface area contributed by atoms with Gasteiger partial charge in [-0.25, -0.2) is 8.42 Å². The van der Waals surface area contributed by atoms with E-state index in [0.717, 1.165) is 9.87 Å². The first kappa shape index (κ1) is 11.0. The zero-order chi connectivity index (χ0) is 11.4. The number of aryl methyl sites for hydroxylation is 1. The van der Waals surface area contributed by atoms with E-state index < -0.39 is 13.7 Å². The number of rotatable bonds is 0. The van der Waals surface area contributed by atoms with Gasteiger partial charge in [0, 0.05) is 12.6 Å². The lowest BCUT2D eigenvalue weighted by molar-refractivity contribution is 0.592. The Morgan fingerprint density at radius 3 is 2.53 bits per heavy atom. The van der Waals surface area contributed by atoms with Crippen molar-refractivity contribution in [3.8, 4) is 0 Å². The van der Waals surface area contributed by atoms with Crippen LogP contribution >= 0.6 is 23.2 Å². The molecular weight excluding hydrogens is 257 g/mol. The molecule has 0 saturated carbocycles. The molecule has 1 aromatic rings. The molecule has 0 bridgehead atoms. The van der Waals surface area contributed by atoms with Crippen molar-refractivity contribution in [3.63, 3.8) is 0 Å². The molecule has 1 aliphatic rings. The Morgan fingerprint density at radius 1 is 1.33 bits per heavy atom. The minimum Gasteiger partial charge on any atom is -0.270 e. The van der Waals surface area contributed by atoms with Crippen LogP contribution in [0, 0.1) is 6.92 Å². The van der Waals surface area contributed by atoms with Crippen LogP contribution in [0.1, 0.15) is 11.1 Å². The third kappa shape index (κ3) is 1.28. The fourth-order valence-electron chi connectivity index (χ4n) is 1.60. The van der Waals surface area contributed by atoms with Crippen LogP contribution in [0.4, 0.5) is 5.69 Å². The van der Waals surface area contributed by atoms with E-state index in [1.165, 1.54) is 7.05 Å². The molecule has 1 aromatic carbocycles. The Morgan fingerprint density at radius 2 is 1.93 bits per heavy atom. The summed E-state index contributed by atoms with van der Waals surface area (Å²) in [4.78, 5) is 0. The number of hydrogen-bond donors (Lipinski definition) is 0. The molecule has 0 N–H and O–H groups in total. The van der Waals surface area contributed by atoms with Gasteiger partial charge in [0.1, 0.15) is 0 Å². The van der Waals surface area contributed by atoms with Gasteiger partial charge < -0.3 is 0 Å². The van der Waals surface area contributed by atoms with Crippen LogP contribution in [0.15, 0.2) is 18.2 Å². The monoisotopic (exact) mass is 265 g/mol. The standard InChI is InChI=1S/C9H9Cl2NO2S/c1-6-3-4-8-7(5-6)9(10,11)15(13,14)12(8)2/h3-5H,1-2H3. The number of halogens is 2. The van der Waals surface area contributed by atoms with Gasteiger partial charge in [-0.15, -0.1) is 0 Å². The molecule has 0 amide bonds. The normalized spacial score (nSPS) is 21.5. The number of anilines is 1. The second-order valence-corrected chi connectivity index (χ2v) is 7.40. The van der Waals surface area contributed by atoms with Crippen molar-refractivity contribution in [2.24, 2.45) is 0 Å². The molecule has 0 spiro atoms. The first-order chi connectivity index (χ1) is 6.78.